The summed E-state index contributed by atoms with van der Waals surface area (Å²) in [5.41, 5.74) is 0.204. The van der Waals surface area contributed by atoms with Crippen LogP contribution in [0, 0.1) is 28.8 Å². The summed E-state index contributed by atoms with van der Waals surface area (Å²) in [6.07, 6.45) is 0. The van der Waals surface area contributed by atoms with Gasteiger partial charge < -0.3 is 15.0 Å². The summed E-state index contributed by atoms with van der Waals surface area (Å²) in [7, 11) is -3.35. The van der Waals surface area contributed by atoms with Crippen molar-refractivity contribution in [1.82, 2.24) is 10.2 Å². The molecule has 44 heavy (non-hydrogen) atoms. The molecule has 0 saturated carbocycles. The summed E-state index contributed by atoms with van der Waals surface area (Å²) in [5.74, 6) is -1.57. The molecule has 0 fully saturated rings. The highest BCUT2D eigenvalue weighted by molar-refractivity contribution is 7.92. The molecular formula is C30H34ClFN4O7S. The Bertz CT molecular complexity index is 1630. The molecule has 0 saturated heterocycles. The van der Waals surface area contributed by atoms with Gasteiger partial charge >= 0.3 is 0 Å². The zero-order valence-electron chi connectivity index (χ0n) is 24.9. The fraction of sp³-hybridized carbons (Fsp3) is 0.333. The van der Waals surface area contributed by atoms with Crippen molar-refractivity contribution in [2.24, 2.45) is 5.92 Å². The van der Waals surface area contributed by atoms with Crippen LogP contribution in [0.1, 0.15) is 31.9 Å². The molecule has 1 unspecified atom stereocenters. The quantitative estimate of drug-likeness (QED) is 0.201. The fourth-order valence-corrected chi connectivity index (χ4v) is 5.87. The largest absolute Gasteiger partial charge is 0.495 e. The van der Waals surface area contributed by atoms with E-state index in [1.165, 1.54) is 80.5 Å². The highest BCUT2D eigenvalue weighted by Gasteiger charge is 2.35. The molecule has 0 aliphatic carbocycles. The molecule has 0 heterocycles. The summed E-state index contributed by atoms with van der Waals surface area (Å²) in [6, 6.07) is 11.8. The third-order valence-electron chi connectivity index (χ3n) is 6.77. The molecular weight excluding hydrogens is 615 g/mol. The number of nitro benzene ring substituents is 1. The number of anilines is 1. The Labute approximate surface area is 260 Å². The van der Waals surface area contributed by atoms with Crippen LogP contribution < -0.4 is 14.4 Å². The molecule has 14 heteroatoms. The lowest BCUT2D eigenvalue weighted by Crippen LogP contribution is -2.51. The van der Waals surface area contributed by atoms with E-state index in [1.807, 2.05) is 13.8 Å². The summed E-state index contributed by atoms with van der Waals surface area (Å²) in [6.45, 7) is 6.14. The maximum atomic E-state index is 14.1. The molecule has 3 aromatic rings. The molecule has 0 bridgehead atoms. The average molecular weight is 649 g/mol. The van der Waals surface area contributed by atoms with Crippen molar-refractivity contribution < 1.29 is 32.1 Å². The molecule has 3 rings (SSSR count). The Kier molecular flexibility index (Phi) is 11.3. The normalized spacial score (nSPS) is 12.0. The van der Waals surface area contributed by atoms with Gasteiger partial charge in [0.05, 0.1) is 22.6 Å². The van der Waals surface area contributed by atoms with E-state index < -0.39 is 55.7 Å². The first kappa shape index (κ1) is 34.3. The summed E-state index contributed by atoms with van der Waals surface area (Å²) >= 11 is 6.23. The molecule has 0 aliphatic rings. The Morgan fingerprint density at radius 2 is 1.73 bits per heavy atom. The van der Waals surface area contributed by atoms with Gasteiger partial charge in [-0.1, -0.05) is 43.6 Å². The Morgan fingerprint density at radius 1 is 1.07 bits per heavy atom. The van der Waals surface area contributed by atoms with Crippen molar-refractivity contribution in [2.75, 3.05) is 24.5 Å². The molecule has 3 aromatic carbocycles. The number of nitro groups is 1. The molecule has 236 valence electrons. The first-order valence-electron chi connectivity index (χ1n) is 13.6. The lowest BCUT2D eigenvalue weighted by molar-refractivity contribution is -0.385. The van der Waals surface area contributed by atoms with E-state index in [-0.39, 0.29) is 34.5 Å². The first-order valence-corrected chi connectivity index (χ1v) is 15.4. The second-order valence-electron chi connectivity index (χ2n) is 10.5. The van der Waals surface area contributed by atoms with Crippen LogP contribution in [0.25, 0.3) is 0 Å². The van der Waals surface area contributed by atoms with E-state index in [1.54, 1.807) is 0 Å². The van der Waals surface area contributed by atoms with Crippen LogP contribution >= 0.6 is 11.6 Å². The van der Waals surface area contributed by atoms with Crippen LogP contribution in [0.4, 0.5) is 15.8 Å². The molecule has 1 N–H and O–H groups in total. The third kappa shape index (κ3) is 8.23. The van der Waals surface area contributed by atoms with Crippen LogP contribution in [0.3, 0.4) is 0 Å². The Balaban J connectivity index is 2.14. The van der Waals surface area contributed by atoms with Crippen LogP contribution in [0.15, 0.2) is 65.6 Å². The number of hydrogen-bond acceptors (Lipinski definition) is 7. The van der Waals surface area contributed by atoms with Crippen molar-refractivity contribution in [2.45, 2.75) is 45.2 Å². The average Bonchev–Trinajstić information content (AvgIpc) is 2.97. The number of carbonyl (C=O) groups is 2. The first-order chi connectivity index (χ1) is 20.6. The number of ether oxygens (including phenoxy) is 1. The Hall–Kier alpha value is -4.23. The monoisotopic (exact) mass is 648 g/mol. The summed E-state index contributed by atoms with van der Waals surface area (Å²) < 4.78 is 48.0. The van der Waals surface area contributed by atoms with Gasteiger partial charge in [0.15, 0.2) is 0 Å². The van der Waals surface area contributed by atoms with Gasteiger partial charge in [-0.3, -0.25) is 24.0 Å². The maximum absolute atomic E-state index is 14.1. The number of sulfonamides is 1. The van der Waals surface area contributed by atoms with E-state index in [2.05, 4.69) is 5.32 Å². The molecule has 0 radical (unpaired) electrons. The van der Waals surface area contributed by atoms with Gasteiger partial charge in [-0.25, -0.2) is 12.8 Å². The molecule has 0 spiro atoms. The number of benzene rings is 3. The molecule has 0 aromatic heterocycles. The predicted octanol–water partition coefficient (Wildman–Crippen LogP) is 5.09. The van der Waals surface area contributed by atoms with Gasteiger partial charge in [0, 0.05) is 29.7 Å². The minimum atomic E-state index is -4.66. The minimum absolute atomic E-state index is 0.0557. The number of amides is 2. The number of methoxy groups -OCH3 is 1. The molecule has 2 amide bonds. The summed E-state index contributed by atoms with van der Waals surface area (Å²) in [4.78, 5) is 38.8. The number of nitrogens with zero attached hydrogens (tertiary/aromatic N) is 3. The molecule has 1 atom stereocenters. The third-order valence-corrected chi connectivity index (χ3v) is 8.76. The van der Waals surface area contributed by atoms with E-state index in [0.717, 1.165) is 10.4 Å². The second kappa shape index (κ2) is 14.5. The van der Waals surface area contributed by atoms with Crippen molar-refractivity contribution in [3.05, 3.63) is 92.7 Å². The van der Waals surface area contributed by atoms with E-state index >= 15 is 0 Å². The SMILES string of the molecule is COc1ccc(Cl)cc1N(CC(=O)N(Cc1ccc(F)cc1)C(C)C(=O)NCC(C)C)S(=O)(=O)c1ccc(C)c([N+](=O)[O-])c1. The van der Waals surface area contributed by atoms with E-state index in [9.17, 15) is 32.5 Å². The number of carbonyl (C=O) groups excluding carboxylic acids is 2. The smallest absolute Gasteiger partial charge is 0.273 e. The van der Waals surface area contributed by atoms with E-state index in [4.69, 9.17) is 16.3 Å². The number of nitrogens with one attached hydrogen (secondary N) is 1. The maximum Gasteiger partial charge on any atom is 0.273 e. The zero-order chi connectivity index (χ0) is 32.8. The minimum Gasteiger partial charge on any atom is -0.495 e. The lowest BCUT2D eigenvalue weighted by Gasteiger charge is -2.32. The van der Waals surface area contributed by atoms with Crippen LogP contribution in [0.2, 0.25) is 5.02 Å². The van der Waals surface area contributed by atoms with Crippen molar-refractivity contribution in [3.8, 4) is 5.75 Å². The van der Waals surface area contributed by atoms with Gasteiger partial charge in [0.2, 0.25) is 11.8 Å². The van der Waals surface area contributed by atoms with Gasteiger partial charge in [-0.2, -0.15) is 0 Å². The van der Waals surface area contributed by atoms with Crippen LogP contribution in [0.5, 0.6) is 5.75 Å². The molecule has 0 aliphatic heterocycles. The molecule has 11 nitrogen and oxygen atoms in total. The fourth-order valence-electron chi connectivity index (χ4n) is 4.27. The van der Waals surface area contributed by atoms with Gasteiger partial charge in [0.1, 0.15) is 24.2 Å². The van der Waals surface area contributed by atoms with Crippen LogP contribution in [-0.4, -0.2) is 56.3 Å². The van der Waals surface area contributed by atoms with E-state index in [0.29, 0.717) is 12.1 Å². The second-order valence-corrected chi connectivity index (χ2v) is 12.8. The summed E-state index contributed by atoms with van der Waals surface area (Å²) in [5, 5.41) is 14.5. The topological polar surface area (TPSA) is 139 Å². The lowest BCUT2D eigenvalue weighted by atomic mass is 10.1. The van der Waals surface area contributed by atoms with Gasteiger partial charge in [-0.15, -0.1) is 0 Å². The highest BCUT2D eigenvalue weighted by atomic mass is 35.5. The number of aryl methyl sites for hydroxylation is 1. The Morgan fingerprint density at radius 3 is 2.32 bits per heavy atom. The van der Waals surface area contributed by atoms with Gasteiger partial charge in [0.25, 0.3) is 15.7 Å². The predicted molar refractivity (Wildman–Crippen MR) is 165 cm³/mol. The highest BCUT2D eigenvalue weighted by Crippen LogP contribution is 2.36. The number of hydrogen-bond donors (Lipinski definition) is 1. The standard InChI is InChI=1S/C30H34ClFN4O7S/c1-19(2)16-33-30(38)21(4)34(17-22-7-10-24(32)11-8-22)29(37)18-35(27-14-23(31)9-13-28(27)43-5)44(41,42)25-12-6-20(3)26(15-25)36(39)40/h6-15,19,21H,16-18H2,1-5H3,(H,33,38). The van der Waals surface area contributed by atoms with Gasteiger partial charge in [-0.05, 0) is 61.7 Å². The number of rotatable bonds is 13. The van der Waals surface area contributed by atoms with Crippen molar-refractivity contribution in [3.63, 3.8) is 0 Å². The van der Waals surface area contributed by atoms with Crippen molar-refractivity contribution in [1.29, 1.82) is 0 Å². The van der Waals surface area contributed by atoms with Crippen molar-refractivity contribution >= 4 is 44.8 Å². The van der Waals surface area contributed by atoms with Crippen LogP contribution in [-0.2, 0) is 26.2 Å². The number of halogens is 2. The zero-order valence-corrected chi connectivity index (χ0v) is 26.5.